The highest BCUT2D eigenvalue weighted by molar-refractivity contribution is 6.31. The fraction of sp³-hybridized carbons (Fsp3) is 0.259. The second-order valence-corrected chi connectivity index (χ2v) is 8.56. The van der Waals surface area contributed by atoms with Gasteiger partial charge in [-0.15, -0.1) is 0 Å². The molecule has 0 saturated carbocycles. The van der Waals surface area contributed by atoms with Crippen molar-refractivity contribution in [2.24, 2.45) is 0 Å². The number of carbonyl (C=O) groups excluding carboxylic acids is 1. The number of amides is 1. The number of rotatable bonds is 9. The van der Waals surface area contributed by atoms with Crippen molar-refractivity contribution >= 4 is 28.5 Å². The fourth-order valence-electron chi connectivity index (χ4n) is 3.78. The van der Waals surface area contributed by atoms with Crippen LogP contribution in [0.25, 0.3) is 11.0 Å². The van der Waals surface area contributed by atoms with Crippen LogP contribution in [0.5, 0.6) is 5.75 Å². The van der Waals surface area contributed by atoms with Crippen molar-refractivity contribution in [3.63, 3.8) is 0 Å². The van der Waals surface area contributed by atoms with Gasteiger partial charge >= 0.3 is 0 Å². The lowest BCUT2D eigenvalue weighted by Crippen LogP contribution is -2.26. The second-order valence-electron chi connectivity index (χ2n) is 8.15. The van der Waals surface area contributed by atoms with Crippen molar-refractivity contribution in [2.75, 3.05) is 13.2 Å². The molecule has 4 rings (SSSR count). The van der Waals surface area contributed by atoms with E-state index in [1.165, 1.54) is 0 Å². The van der Waals surface area contributed by atoms with Crippen molar-refractivity contribution in [3.05, 3.63) is 94.3 Å². The maximum absolute atomic E-state index is 12.4. The quantitative estimate of drug-likeness (QED) is 0.323. The SMILES string of the molecule is Cc1ccc(C(=O)NCCc2nc3ccccc3n2CCCOc2ccc(Cl)c(C)c2)cc1. The Kier molecular flexibility index (Phi) is 7.30. The number of aromatic nitrogens is 2. The first-order valence-electron chi connectivity index (χ1n) is 11.2. The minimum absolute atomic E-state index is 0.0654. The molecule has 170 valence electrons. The van der Waals surface area contributed by atoms with E-state index in [2.05, 4.69) is 16.0 Å². The molecular formula is C27H28ClN3O2. The molecule has 0 bridgehead atoms. The highest BCUT2D eigenvalue weighted by Gasteiger charge is 2.11. The van der Waals surface area contributed by atoms with Crippen LogP contribution >= 0.6 is 11.6 Å². The van der Waals surface area contributed by atoms with Crippen molar-refractivity contribution in [2.45, 2.75) is 33.2 Å². The van der Waals surface area contributed by atoms with E-state index >= 15 is 0 Å². The maximum atomic E-state index is 12.4. The van der Waals surface area contributed by atoms with Crippen LogP contribution in [0, 0.1) is 13.8 Å². The van der Waals surface area contributed by atoms with Crippen molar-refractivity contribution in [3.8, 4) is 5.75 Å². The number of ether oxygens (including phenoxy) is 1. The number of aryl methyl sites for hydroxylation is 3. The predicted octanol–water partition coefficient (Wildman–Crippen LogP) is 5.75. The van der Waals surface area contributed by atoms with E-state index in [-0.39, 0.29) is 5.91 Å². The van der Waals surface area contributed by atoms with Crippen LogP contribution in [0.4, 0.5) is 0 Å². The van der Waals surface area contributed by atoms with E-state index in [4.69, 9.17) is 21.3 Å². The Hall–Kier alpha value is -3.31. The normalized spacial score (nSPS) is 11.0. The summed E-state index contributed by atoms with van der Waals surface area (Å²) in [5.74, 6) is 1.72. The summed E-state index contributed by atoms with van der Waals surface area (Å²) in [5.41, 5.74) is 4.87. The zero-order valence-electron chi connectivity index (χ0n) is 19.0. The first-order chi connectivity index (χ1) is 16.0. The number of para-hydroxylation sites is 2. The van der Waals surface area contributed by atoms with E-state index < -0.39 is 0 Å². The summed E-state index contributed by atoms with van der Waals surface area (Å²) >= 11 is 6.09. The summed E-state index contributed by atoms with van der Waals surface area (Å²) in [6.07, 6.45) is 1.49. The lowest BCUT2D eigenvalue weighted by atomic mass is 10.1. The molecule has 6 heteroatoms. The standard InChI is InChI=1S/C27H28ClN3O2/c1-19-8-10-21(11-9-19)27(32)29-15-14-26-30-24-6-3-4-7-25(24)31(26)16-5-17-33-22-12-13-23(28)20(2)18-22/h3-4,6-13,18H,5,14-17H2,1-2H3,(H,29,32). The van der Waals surface area contributed by atoms with E-state index in [0.717, 1.165) is 51.7 Å². The highest BCUT2D eigenvalue weighted by Crippen LogP contribution is 2.21. The minimum atomic E-state index is -0.0654. The summed E-state index contributed by atoms with van der Waals surface area (Å²) in [6.45, 7) is 5.88. The monoisotopic (exact) mass is 461 g/mol. The molecule has 0 aliphatic rings. The summed E-state index contributed by atoms with van der Waals surface area (Å²) in [5, 5.41) is 3.75. The summed E-state index contributed by atoms with van der Waals surface area (Å²) in [6, 6.07) is 21.4. The molecule has 1 N–H and O–H groups in total. The molecule has 0 aliphatic carbocycles. The molecule has 0 saturated heterocycles. The molecule has 4 aromatic rings. The van der Waals surface area contributed by atoms with Crippen LogP contribution in [0.15, 0.2) is 66.7 Å². The number of fused-ring (bicyclic) bond motifs is 1. The number of hydrogen-bond donors (Lipinski definition) is 1. The van der Waals surface area contributed by atoms with Gasteiger partial charge < -0.3 is 14.6 Å². The first-order valence-corrected chi connectivity index (χ1v) is 11.6. The van der Waals surface area contributed by atoms with Gasteiger partial charge in [-0.1, -0.05) is 41.4 Å². The largest absolute Gasteiger partial charge is 0.494 e. The van der Waals surface area contributed by atoms with Gasteiger partial charge in [0.2, 0.25) is 0 Å². The smallest absolute Gasteiger partial charge is 0.251 e. The third kappa shape index (κ3) is 5.74. The summed E-state index contributed by atoms with van der Waals surface area (Å²) < 4.78 is 8.14. The van der Waals surface area contributed by atoms with Gasteiger partial charge in [0.05, 0.1) is 17.6 Å². The van der Waals surface area contributed by atoms with Gasteiger partial charge in [-0.25, -0.2) is 4.98 Å². The van der Waals surface area contributed by atoms with E-state index in [1.54, 1.807) is 0 Å². The topological polar surface area (TPSA) is 56.2 Å². The molecule has 0 spiro atoms. The van der Waals surface area contributed by atoms with Gasteiger partial charge in [0.15, 0.2) is 0 Å². The third-order valence-corrected chi connectivity index (χ3v) is 6.03. The zero-order chi connectivity index (χ0) is 23.2. The zero-order valence-corrected chi connectivity index (χ0v) is 19.7. The second kappa shape index (κ2) is 10.5. The van der Waals surface area contributed by atoms with Crippen molar-refractivity contribution in [1.29, 1.82) is 0 Å². The Balaban J connectivity index is 1.37. The van der Waals surface area contributed by atoms with Gasteiger partial charge in [0, 0.05) is 30.1 Å². The van der Waals surface area contributed by atoms with Crippen LogP contribution in [0.2, 0.25) is 5.02 Å². The number of imidazole rings is 1. The Morgan fingerprint density at radius 2 is 1.85 bits per heavy atom. The van der Waals surface area contributed by atoms with Crippen LogP contribution in [-0.4, -0.2) is 28.6 Å². The van der Waals surface area contributed by atoms with Gasteiger partial charge in [0.1, 0.15) is 11.6 Å². The van der Waals surface area contributed by atoms with E-state index in [1.807, 2.05) is 74.5 Å². The molecule has 0 radical (unpaired) electrons. The molecule has 0 unspecified atom stereocenters. The molecule has 5 nitrogen and oxygen atoms in total. The molecule has 1 aromatic heterocycles. The van der Waals surface area contributed by atoms with Crippen LogP contribution < -0.4 is 10.1 Å². The Labute approximate surface area is 199 Å². The first kappa shape index (κ1) is 22.9. The number of benzene rings is 3. The van der Waals surface area contributed by atoms with Gasteiger partial charge in [-0.3, -0.25) is 4.79 Å². The summed E-state index contributed by atoms with van der Waals surface area (Å²) in [4.78, 5) is 17.2. The molecule has 0 atom stereocenters. The lowest BCUT2D eigenvalue weighted by molar-refractivity contribution is 0.0954. The van der Waals surface area contributed by atoms with Gasteiger partial charge in [-0.2, -0.15) is 0 Å². The highest BCUT2D eigenvalue weighted by atomic mass is 35.5. The number of halogens is 1. The number of hydrogen-bond acceptors (Lipinski definition) is 3. The Morgan fingerprint density at radius 3 is 2.64 bits per heavy atom. The number of nitrogens with zero attached hydrogens (tertiary/aromatic N) is 2. The van der Waals surface area contributed by atoms with Crippen LogP contribution in [-0.2, 0) is 13.0 Å². The molecule has 1 heterocycles. The number of nitrogens with one attached hydrogen (secondary N) is 1. The fourth-order valence-corrected chi connectivity index (χ4v) is 3.90. The average molecular weight is 462 g/mol. The van der Waals surface area contributed by atoms with Gasteiger partial charge in [-0.05, 0) is 68.3 Å². The van der Waals surface area contributed by atoms with Crippen LogP contribution in [0.1, 0.15) is 33.7 Å². The molecule has 0 fully saturated rings. The minimum Gasteiger partial charge on any atom is -0.494 e. The average Bonchev–Trinajstić information content (AvgIpc) is 3.16. The summed E-state index contributed by atoms with van der Waals surface area (Å²) in [7, 11) is 0. The Bertz CT molecular complexity index is 1250. The van der Waals surface area contributed by atoms with E-state index in [9.17, 15) is 4.79 Å². The van der Waals surface area contributed by atoms with Gasteiger partial charge in [0.25, 0.3) is 5.91 Å². The molecule has 3 aromatic carbocycles. The molecular weight excluding hydrogens is 434 g/mol. The van der Waals surface area contributed by atoms with E-state index in [0.29, 0.717) is 25.1 Å². The predicted molar refractivity (Wildman–Crippen MR) is 133 cm³/mol. The van der Waals surface area contributed by atoms with Crippen LogP contribution in [0.3, 0.4) is 0 Å². The lowest BCUT2D eigenvalue weighted by Gasteiger charge is -2.11. The third-order valence-electron chi connectivity index (χ3n) is 5.61. The van der Waals surface area contributed by atoms with Crippen molar-refractivity contribution < 1.29 is 9.53 Å². The Morgan fingerprint density at radius 1 is 1.06 bits per heavy atom. The molecule has 33 heavy (non-hydrogen) atoms. The maximum Gasteiger partial charge on any atom is 0.251 e. The molecule has 0 aliphatic heterocycles. The number of carbonyl (C=O) groups is 1. The molecule has 1 amide bonds. The van der Waals surface area contributed by atoms with Crippen molar-refractivity contribution in [1.82, 2.24) is 14.9 Å².